The fraction of sp³-hybridized carbons (Fsp3) is 0.409. The Morgan fingerprint density at radius 1 is 1.23 bits per heavy atom. The molecule has 31 heavy (non-hydrogen) atoms. The van der Waals surface area contributed by atoms with E-state index in [4.69, 9.17) is 16.3 Å². The highest BCUT2D eigenvalue weighted by Gasteiger charge is 2.24. The third-order valence-corrected chi connectivity index (χ3v) is 6.97. The minimum absolute atomic E-state index is 0.141. The summed E-state index contributed by atoms with van der Waals surface area (Å²) in [4.78, 5) is 14.8. The number of nitrogens with zero attached hydrogens (tertiary/aromatic N) is 1. The molecule has 1 aliphatic heterocycles. The normalized spacial score (nSPS) is 17.3. The first-order chi connectivity index (χ1) is 14.8. The number of amides is 1. The molecule has 1 atom stereocenters. The van der Waals surface area contributed by atoms with E-state index in [-0.39, 0.29) is 23.3 Å². The van der Waals surface area contributed by atoms with Gasteiger partial charge in [0.15, 0.2) is 0 Å². The van der Waals surface area contributed by atoms with Crippen LogP contribution >= 0.6 is 11.6 Å². The van der Waals surface area contributed by atoms with Crippen molar-refractivity contribution in [1.82, 2.24) is 9.62 Å². The number of methoxy groups -OCH3 is 1. The molecule has 2 aromatic rings. The number of aryl methyl sites for hydroxylation is 1. The van der Waals surface area contributed by atoms with Crippen LogP contribution in [-0.2, 0) is 14.8 Å². The standard InChI is InChI=1S/C22H28ClN3O4S/c1-16-5-8-19(9-6-16)31(28,29)24-13-17-4-3-11-26(14-17)15-22(27)25-20-12-18(23)7-10-21(20)30-2/h5-10,12,17,24H,3-4,11,13-15H2,1-2H3,(H,25,27). The van der Waals surface area contributed by atoms with E-state index in [1.807, 2.05) is 11.8 Å². The molecule has 2 aromatic carbocycles. The molecule has 0 saturated carbocycles. The average molecular weight is 466 g/mol. The van der Waals surface area contributed by atoms with E-state index in [1.54, 1.807) is 42.5 Å². The van der Waals surface area contributed by atoms with Gasteiger partial charge in [0.2, 0.25) is 15.9 Å². The van der Waals surface area contributed by atoms with Gasteiger partial charge in [-0.2, -0.15) is 0 Å². The molecule has 9 heteroatoms. The van der Waals surface area contributed by atoms with Gasteiger partial charge >= 0.3 is 0 Å². The van der Waals surface area contributed by atoms with E-state index < -0.39 is 10.0 Å². The van der Waals surface area contributed by atoms with Crippen molar-refractivity contribution in [2.24, 2.45) is 5.92 Å². The lowest BCUT2D eigenvalue weighted by Gasteiger charge is -2.32. The summed E-state index contributed by atoms with van der Waals surface area (Å²) in [6, 6.07) is 11.8. The molecular weight excluding hydrogens is 438 g/mol. The summed E-state index contributed by atoms with van der Waals surface area (Å²) in [6.45, 7) is 3.92. The molecule has 0 aliphatic carbocycles. The number of anilines is 1. The van der Waals surface area contributed by atoms with Gasteiger partial charge in [-0.05, 0) is 62.6 Å². The summed E-state index contributed by atoms with van der Waals surface area (Å²) in [5, 5.41) is 3.35. The zero-order chi connectivity index (χ0) is 22.4. The van der Waals surface area contributed by atoms with Gasteiger partial charge in [0.05, 0.1) is 24.2 Å². The molecule has 0 radical (unpaired) electrons. The predicted molar refractivity (Wildman–Crippen MR) is 122 cm³/mol. The van der Waals surface area contributed by atoms with Crippen LogP contribution < -0.4 is 14.8 Å². The van der Waals surface area contributed by atoms with E-state index in [2.05, 4.69) is 10.0 Å². The Hall–Kier alpha value is -2.13. The first kappa shape index (κ1) is 23.5. The smallest absolute Gasteiger partial charge is 0.240 e. The fourth-order valence-electron chi connectivity index (χ4n) is 3.66. The monoisotopic (exact) mass is 465 g/mol. The topological polar surface area (TPSA) is 87.7 Å². The maximum Gasteiger partial charge on any atom is 0.240 e. The molecule has 1 heterocycles. The Balaban J connectivity index is 1.53. The Morgan fingerprint density at radius 3 is 2.68 bits per heavy atom. The van der Waals surface area contributed by atoms with Gasteiger partial charge < -0.3 is 10.1 Å². The number of ether oxygens (including phenoxy) is 1. The lowest BCUT2D eigenvalue weighted by Crippen LogP contribution is -2.43. The van der Waals surface area contributed by atoms with Gasteiger partial charge in [0, 0.05) is 18.1 Å². The Bertz CT molecular complexity index is 1010. The summed E-state index contributed by atoms with van der Waals surface area (Å²) in [6.07, 6.45) is 1.82. The van der Waals surface area contributed by atoms with Crippen molar-refractivity contribution in [3.63, 3.8) is 0 Å². The molecule has 7 nitrogen and oxygen atoms in total. The second kappa shape index (κ2) is 10.5. The van der Waals surface area contributed by atoms with Crippen molar-refractivity contribution in [2.45, 2.75) is 24.7 Å². The molecule has 2 N–H and O–H groups in total. The predicted octanol–water partition coefficient (Wildman–Crippen LogP) is 3.29. The second-order valence-corrected chi connectivity index (χ2v) is 10.0. The number of likely N-dealkylation sites (tertiary alicyclic amines) is 1. The minimum atomic E-state index is -3.54. The van der Waals surface area contributed by atoms with Crippen molar-refractivity contribution in [3.8, 4) is 5.75 Å². The number of piperidine rings is 1. The van der Waals surface area contributed by atoms with Crippen molar-refractivity contribution < 1.29 is 17.9 Å². The summed E-state index contributed by atoms with van der Waals surface area (Å²) in [5.74, 6) is 0.517. The highest BCUT2D eigenvalue weighted by Crippen LogP contribution is 2.27. The highest BCUT2D eigenvalue weighted by molar-refractivity contribution is 7.89. The fourth-order valence-corrected chi connectivity index (χ4v) is 4.95. The third-order valence-electron chi connectivity index (χ3n) is 5.30. The number of rotatable bonds is 8. The third kappa shape index (κ3) is 6.67. The lowest BCUT2D eigenvalue weighted by atomic mass is 9.98. The largest absolute Gasteiger partial charge is 0.495 e. The number of hydrogen-bond acceptors (Lipinski definition) is 5. The zero-order valence-corrected chi connectivity index (χ0v) is 19.3. The van der Waals surface area contributed by atoms with Gasteiger partial charge in [-0.1, -0.05) is 29.3 Å². The Morgan fingerprint density at radius 2 is 1.97 bits per heavy atom. The summed E-state index contributed by atoms with van der Waals surface area (Å²) in [7, 11) is -2.01. The van der Waals surface area contributed by atoms with Crippen molar-refractivity contribution in [3.05, 3.63) is 53.1 Å². The van der Waals surface area contributed by atoms with E-state index in [1.165, 1.54) is 7.11 Å². The van der Waals surface area contributed by atoms with Gasteiger partial charge in [-0.15, -0.1) is 0 Å². The number of nitrogens with one attached hydrogen (secondary N) is 2. The number of halogens is 1. The first-order valence-electron chi connectivity index (χ1n) is 10.2. The maximum atomic E-state index is 12.5. The number of hydrogen-bond donors (Lipinski definition) is 2. The summed E-state index contributed by atoms with van der Waals surface area (Å²) >= 11 is 6.02. The van der Waals surface area contributed by atoms with Crippen molar-refractivity contribution in [1.29, 1.82) is 0 Å². The van der Waals surface area contributed by atoms with Gasteiger partial charge in [0.25, 0.3) is 0 Å². The van der Waals surface area contributed by atoms with Crippen LogP contribution in [0.2, 0.25) is 5.02 Å². The van der Waals surface area contributed by atoms with Gasteiger partial charge in [-0.25, -0.2) is 13.1 Å². The molecule has 0 bridgehead atoms. The molecule has 0 spiro atoms. The lowest BCUT2D eigenvalue weighted by molar-refractivity contribution is -0.117. The van der Waals surface area contributed by atoms with E-state index in [0.29, 0.717) is 29.5 Å². The highest BCUT2D eigenvalue weighted by atomic mass is 35.5. The summed E-state index contributed by atoms with van der Waals surface area (Å²) in [5.41, 5.74) is 1.54. The Labute approximate surface area is 188 Å². The summed E-state index contributed by atoms with van der Waals surface area (Å²) < 4.78 is 33.0. The van der Waals surface area contributed by atoms with E-state index in [9.17, 15) is 13.2 Å². The first-order valence-corrected chi connectivity index (χ1v) is 12.0. The zero-order valence-electron chi connectivity index (χ0n) is 17.7. The van der Waals surface area contributed by atoms with Gasteiger partial charge in [-0.3, -0.25) is 9.69 Å². The van der Waals surface area contributed by atoms with E-state index in [0.717, 1.165) is 24.9 Å². The van der Waals surface area contributed by atoms with Crippen molar-refractivity contribution in [2.75, 3.05) is 38.6 Å². The van der Waals surface area contributed by atoms with Crippen LogP contribution in [0.4, 0.5) is 5.69 Å². The van der Waals surface area contributed by atoms with Crippen LogP contribution in [0.3, 0.4) is 0 Å². The molecule has 1 aliphatic rings. The number of carbonyl (C=O) groups is 1. The molecular formula is C22H28ClN3O4S. The average Bonchev–Trinajstić information content (AvgIpc) is 2.73. The van der Waals surface area contributed by atoms with Crippen LogP contribution in [0.5, 0.6) is 5.75 Å². The molecule has 3 rings (SSSR count). The molecule has 1 fully saturated rings. The molecule has 1 unspecified atom stereocenters. The van der Waals surface area contributed by atoms with Crippen LogP contribution in [0, 0.1) is 12.8 Å². The second-order valence-electron chi connectivity index (χ2n) is 7.80. The maximum absolute atomic E-state index is 12.5. The van der Waals surface area contributed by atoms with Gasteiger partial charge in [0.1, 0.15) is 5.75 Å². The molecule has 0 aromatic heterocycles. The van der Waals surface area contributed by atoms with Crippen LogP contribution in [0.25, 0.3) is 0 Å². The van der Waals surface area contributed by atoms with E-state index >= 15 is 0 Å². The van der Waals surface area contributed by atoms with Crippen LogP contribution in [0.1, 0.15) is 18.4 Å². The number of carbonyl (C=O) groups excluding carboxylic acids is 1. The van der Waals surface area contributed by atoms with Crippen molar-refractivity contribution >= 4 is 33.2 Å². The van der Waals surface area contributed by atoms with Crippen LogP contribution in [-0.4, -0.2) is 52.5 Å². The quantitative estimate of drug-likeness (QED) is 0.624. The SMILES string of the molecule is COc1ccc(Cl)cc1NC(=O)CN1CCCC(CNS(=O)(=O)c2ccc(C)cc2)C1. The molecule has 1 amide bonds. The number of sulfonamides is 1. The van der Waals surface area contributed by atoms with Crippen LogP contribution in [0.15, 0.2) is 47.4 Å². The molecule has 1 saturated heterocycles. The number of benzene rings is 2. The molecule has 168 valence electrons. The minimum Gasteiger partial charge on any atom is -0.495 e. The Kier molecular flexibility index (Phi) is 7.94.